The Morgan fingerprint density at radius 2 is 2.00 bits per heavy atom. The van der Waals surface area contributed by atoms with Crippen LogP contribution in [0.5, 0.6) is 0 Å². The summed E-state index contributed by atoms with van der Waals surface area (Å²) in [4.78, 5) is 24.4. The van der Waals surface area contributed by atoms with Gasteiger partial charge in [0.2, 0.25) is 0 Å². The number of aliphatic carboxylic acids is 1. The molecule has 0 aliphatic heterocycles. The van der Waals surface area contributed by atoms with Crippen LogP contribution >= 0.6 is 0 Å². The molecule has 1 amide bonds. The zero-order chi connectivity index (χ0) is 14.4. The number of nitrogens with zero attached hydrogens (tertiary/aromatic N) is 1. The molecule has 0 aromatic heterocycles. The number of hydrogen-bond acceptors (Lipinski definition) is 3. The highest BCUT2D eigenvalue weighted by molar-refractivity contribution is 5.97. The van der Waals surface area contributed by atoms with E-state index in [1.807, 2.05) is 25.1 Å². The zero-order valence-electron chi connectivity index (χ0n) is 11.4. The van der Waals surface area contributed by atoms with E-state index in [9.17, 15) is 9.59 Å². The first-order valence-corrected chi connectivity index (χ1v) is 6.09. The van der Waals surface area contributed by atoms with E-state index >= 15 is 0 Å². The van der Waals surface area contributed by atoms with Gasteiger partial charge < -0.3 is 14.7 Å². The molecule has 1 aromatic rings. The van der Waals surface area contributed by atoms with Gasteiger partial charge >= 0.3 is 5.97 Å². The van der Waals surface area contributed by atoms with Crippen LogP contribution in [0.25, 0.3) is 0 Å². The molecule has 0 fully saturated rings. The van der Waals surface area contributed by atoms with Crippen LogP contribution < -0.4 is 4.90 Å². The minimum absolute atomic E-state index is 0.101. The molecule has 1 unspecified atom stereocenters. The predicted octanol–water partition coefficient (Wildman–Crippen LogP) is 1.84. The lowest BCUT2D eigenvalue weighted by molar-refractivity contribution is -0.136. The Bertz CT molecular complexity index is 459. The molecule has 1 N–H and O–H groups in total. The SMILES string of the molecule is COC(C)C(=O)N(CCC(=O)O)c1ccccc1C. The largest absolute Gasteiger partial charge is 0.481 e. The van der Waals surface area contributed by atoms with Crippen molar-refractivity contribution < 1.29 is 19.4 Å². The number of benzene rings is 1. The van der Waals surface area contributed by atoms with Crippen molar-refractivity contribution in [2.24, 2.45) is 0 Å². The molecule has 0 heterocycles. The number of methoxy groups -OCH3 is 1. The first kappa shape index (κ1) is 15.2. The van der Waals surface area contributed by atoms with Gasteiger partial charge in [0.05, 0.1) is 6.42 Å². The number of carbonyl (C=O) groups is 2. The summed E-state index contributed by atoms with van der Waals surface area (Å²) in [6.45, 7) is 3.66. The number of aryl methyl sites for hydroxylation is 1. The van der Waals surface area contributed by atoms with Gasteiger partial charge in [0.1, 0.15) is 6.10 Å². The lowest BCUT2D eigenvalue weighted by Gasteiger charge is -2.26. The van der Waals surface area contributed by atoms with Gasteiger partial charge in [0, 0.05) is 19.3 Å². The van der Waals surface area contributed by atoms with Crippen LogP contribution in [-0.2, 0) is 14.3 Å². The average Bonchev–Trinajstić information content (AvgIpc) is 2.39. The van der Waals surface area contributed by atoms with E-state index in [-0.39, 0.29) is 18.9 Å². The third-order valence-corrected chi connectivity index (χ3v) is 2.92. The quantitative estimate of drug-likeness (QED) is 0.852. The molecule has 0 radical (unpaired) electrons. The molecular formula is C14H19NO4. The molecule has 5 heteroatoms. The van der Waals surface area contributed by atoms with Crippen molar-refractivity contribution in [2.45, 2.75) is 26.4 Å². The van der Waals surface area contributed by atoms with E-state index in [1.165, 1.54) is 12.0 Å². The molecule has 1 rings (SSSR count). The number of para-hydroxylation sites is 1. The van der Waals surface area contributed by atoms with Crippen molar-refractivity contribution in [3.8, 4) is 0 Å². The van der Waals surface area contributed by atoms with E-state index in [4.69, 9.17) is 9.84 Å². The molecule has 0 spiro atoms. The van der Waals surface area contributed by atoms with Gasteiger partial charge in [-0.2, -0.15) is 0 Å². The molecule has 19 heavy (non-hydrogen) atoms. The fourth-order valence-electron chi connectivity index (χ4n) is 1.74. The number of carboxylic acids is 1. The smallest absolute Gasteiger partial charge is 0.305 e. The highest BCUT2D eigenvalue weighted by Crippen LogP contribution is 2.21. The summed E-state index contributed by atoms with van der Waals surface area (Å²) in [5.74, 6) is -1.17. The Hall–Kier alpha value is -1.88. The van der Waals surface area contributed by atoms with Gasteiger partial charge in [-0.15, -0.1) is 0 Å². The molecule has 0 saturated carbocycles. The molecule has 0 saturated heterocycles. The van der Waals surface area contributed by atoms with E-state index in [2.05, 4.69) is 0 Å². The summed E-state index contributed by atoms with van der Waals surface area (Å²) in [6.07, 6.45) is -0.704. The lowest BCUT2D eigenvalue weighted by atomic mass is 10.1. The minimum Gasteiger partial charge on any atom is -0.481 e. The van der Waals surface area contributed by atoms with Crippen molar-refractivity contribution >= 4 is 17.6 Å². The Kier molecular flexibility index (Phi) is 5.51. The Labute approximate surface area is 112 Å². The first-order chi connectivity index (χ1) is 8.97. The number of carbonyl (C=O) groups excluding carboxylic acids is 1. The Morgan fingerprint density at radius 1 is 1.37 bits per heavy atom. The molecule has 1 atom stereocenters. The van der Waals surface area contributed by atoms with Crippen molar-refractivity contribution in [1.29, 1.82) is 0 Å². The zero-order valence-corrected chi connectivity index (χ0v) is 11.4. The number of carboxylic acid groups (broad SMARTS) is 1. The van der Waals surface area contributed by atoms with Crippen molar-refractivity contribution in [3.63, 3.8) is 0 Å². The fraction of sp³-hybridized carbons (Fsp3) is 0.429. The molecule has 104 valence electrons. The molecule has 0 bridgehead atoms. The maximum atomic E-state index is 12.2. The van der Waals surface area contributed by atoms with Gasteiger partial charge in [-0.3, -0.25) is 9.59 Å². The first-order valence-electron chi connectivity index (χ1n) is 6.09. The number of anilines is 1. The van der Waals surface area contributed by atoms with Crippen LogP contribution in [0.15, 0.2) is 24.3 Å². The van der Waals surface area contributed by atoms with E-state index in [0.29, 0.717) is 0 Å². The fourth-order valence-corrected chi connectivity index (χ4v) is 1.74. The molecule has 0 aliphatic rings. The number of ether oxygens (including phenoxy) is 1. The van der Waals surface area contributed by atoms with Crippen LogP contribution in [0.1, 0.15) is 18.9 Å². The number of amides is 1. The van der Waals surface area contributed by atoms with Gasteiger partial charge in [0.15, 0.2) is 0 Å². The van der Waals surface area contributed by atoms with E-state index in [0.717, 1.165) is 11.3 Å². The normalized spacial score (nSPS) is 11.9. The maximum Gasteiger partial charge on any atom is 0.305 e. The molecule has 1 aromatic carbocycles. The molecule has 0 aliphatic carbocycles. The monoisotopic (exact) mass is 265 g/mol. The van der Waals surface area contributed by atoms with Crippen molar-refractivity contribution in [3.05, 3.63) is 29.8 Å². The topological polar surface area (TPSA) is 66.8 Å². The summed E-state index contributed by atoms with van der Waals surface area (Å²) in [6, 6.07) is 7.38. The summed E-state index contributed by atoms with van der Waals surface area (Å²) < 4.78 is 5.02. The summed E-state index contributed by atoms with van der Waals surface area (Å²) in [5, 5.41) is 8.79. The van der Waals surface area contributed by atoms with E-state index in [1.54, 1.807) is 13.0 Å². The van der Waals surface area contributed by atoms with Gasteiger partial charge in [-0.1, -0.05) is 18.2 Å². The van der Waals surface area contributed by atoms with Crippen LogP contribution in [0.3, 0.4) is 0 Å². The Morgan fingerprint density at radius 3 is 2.53 bits per heavy atom. The highest BCUT2D eigenvalue weighted by Gasteiger charge is 2.23. The second-order valence-electron chi connectivity index (χ2n) is 4.30. The highest BCUT2D eigenvalue weighted by atomic mass is 16.5. The maximum absolute atomic E-state index is 12.2. The number of rotatable bonds is 6. The minimum atomic E-state index is -0.934. The third kappa shape index (κ3) is 4.06. The van der Waals surface area contributed by atoms with Crippen molar-refractivity contribution in [1.82, 2.24) is 0 Å². The van der Waals surface area contributed by atoms with Crippen LogP contribution in [0.2, 0.25) is 0 Å². The van der Waals surface area contributed by atoms with Gasteiger partial charge in [-0.25, -0.2) is 0 Å². The molecule has 5 nitrogen and oxygen atoms in total. The number of hydrogen-bond donors (Lipinski definition) is 1. The second kappa shape index (κ2) is 6.89. The van der Waals surface area contributed by atoms with Crippen LogP contribution in [0.4, 0.5) is 5.69 Å². The average molecular weight is 265 g/mol. The summed E-state index contributed by atoms with van der Waals surface area (Å²) >= 11 is 0. The third-order valence-electron chi connectivity index (χ3n) is 2.92. The van der Waals surface area contributed by atoms with E-state index < -0.39 is 12.1 Å². The molecular weight excluding hydrogens is 246 g/mol. The predicted molar refractivity (Wildman–Crippen MR) is 72.3 cm³/mol. The summed E-state index contributed by atoms with van der Waals surface area (Å²) in [7, 11) is 1.45. The van der Waals surface area contributed by atoms with Gasteiger partial charge in [0.25, 0.3) is 5.91 Å². The van der Waals surface area contributed by atoms with Gasteiger partial charge in [-0.05, 0) is 25.5 Å². The lowest BCUT2D eigenvalue weighted by Crippen LogP contribution is -2.40. The van der Waals surface area contributed by atoms with Crippen LogP contribution in [0, 0.1) is 6.92 Å². The summed E-state index contributed by atoms with van der Waals surface area (Å²) in [5.41, 5.74) is 1.64. The second-order valence-corrected chi connectivity index (χ2v) is 4.30. The van der Waals surface area contributed by atoms with Crippen molar-refractivity contribution in [2.75, 3.05) is 18.6 Å². The van der Waals surface area contributed by atoms with Crippen LogP contribution in [-0.4, -0.2) is 36.7 Å². The standard InChI is InChI=1S/C14H19NO4/c1-10-6-4-5-7-12(10)15(9-8-13(16)17)14(18)11(2)19-3/h4-7,11H,8-9H2,1-3H3,(H,16,17). The Balaban J connectivity index is 3.01.